The van der Waals surface area contributed by atoms with Crippen LogP contribution in [-0.2, 0) is 11.2 Å². The van der Waals surface area contributed by atoms with Crippen LogP contribution < -0.4 is 14.8 Å². The molecule has 0 saturated heterocycles. The van der Waals surface area contributed by atoms with E-state index in [1.807, 2.05) is 18.2 Å². The summed E-state index contributed by atoms with van der Waals surface area (Å²) in [6, 6.07) is 5.91. The molecule has 1 saturated carbocycles. The Bertz CT molecular complexity index is 570. The number of methoxy groups -OCH3 is 2. The summed E-state index contributed by atoms with van der Waals surface area (Å²) in [5.41, 5.74) is 1.13. The highest BCUT2D eigenvalue weighted by atomic mass is 16.5. The summed E-state index contributed by atoms with van der Waals surface area (Å²) in [5, 5.41) is 3.16. The van der Waals surface area contributed by atoms with Crippen molar-refractivity contribution in [2.24, 2.45) is 23.7 Å². The Labute approximate surface area is 152 Å². The average Bonchev–Trinajstić information content (AvgIpc) is 2.61. The van der Waals surface area contributed by atoms with Crippen molar-refractivity contribution in [3.05, 3.63) is 23.8 Å². The molecule has 0 unspecified atom stereocenters. The summed E-state index contributed by atoms with van der Waals surface area (Å²) in [6.07, 6.45) is 4.23. The molecular formula is C21H33NO3. The summed E-state index contributed by atoms with van der Waals surface area (Å²) in [6.45, 7) is 7.40. The fourth-order valence-electron chi connectivity index (χ4n) is 4.00. The third-order valence-electron chi connectivity index (χ3n) is 5.52. The predicted molar refractivity (Wildman–Crippen MR) is 101 cm³/mol. The van der Waals surface area contributed by atoms with Gasteiger partial charge < -0.3 is 14.8 Å². The molecule has 0 heterocycles. The van der Waals surface area contributed by atoms with Gasteiger partial charge in [-0.1, -0.05) is 33.3 Å². The lowest BCUT2D eigenvalue weighted by Crippen LogP contribution is -2.40. The topological polar surface area (TPSA) is 47.6 Å². The average molecular weight is 347 g/mol. The van der Waals surface area contributed by atoms with E-state index >= 15 is 0 Å². The van der Waals surface area contributed by atoms with Gasteiger partial charge in [0.25, 0.3) is 0 Å². The molecule has 1 N–H and O–H groups in total. The van der Waals surface area contributed by atoms with E-state index in [0.717, 1.165) is 29.9 Å². The molecule has 1 amide bonds. The molecule has 0 aromatic heterocycles. The van der Waals surface area contributed by atoms with Crippen LogP contribution in [0.15, 0.2) is 18.2 Å². The smallest absolute Gasteiger partial charge is 0.223 e. The van der Waals surface area contributed by atoms with Crippen LogP contribution in [0.5, 0.6) is 11.5 Å². The Balaban J connectivity index is 1.91. The molecule has 2 rings (SSSR count). The van der Waals surface area contributed by atoms with E-state index in [9.17, 15) is 4.79 Å². The Hall–Kier alpha value is -1.71. The van der Waals surface area contributed by atoms with Crippen molar-refractivity contribution in [2.75, 3.05) is 20.8 Å². The summed E-state index contributed by atoms with van der Waals surface area (Å²) >= 11 is 0. The molecule has 0 spiro atoms. The minimum Gasteiger partial charge on any atom is -0.493 e. The molecule has 25 heavy (non-hydrogen) atoms. The largest absolute Gasteiger partial charge is 0.493 e. The van der Waals surface area contributed by atoms with E-state index in [1.54, 1.807) is 14.2 Å². The van der Waals surface area contributed by atoms with Crippen molar-refractivity contribution < 1.29 is 14.3 Å². The van der Waals surface area contributed by atoms with Gasteiger partial charge in [0.2, 0.25) is 5.91 Å². The summed E-state index contributed by atoms with van der Waals surface area (Å²) < 4.78 is 10.6. The van der Waals surface area contributed by atoms with Gasteiger partial charge in [-0.05, 0) is 54.7 Å². The van der Waals surface area contributed by atoms with Gasteiger partial charge in [0, 0.05) is 12.5 Å². The molecule has 4 heteroatoms. The standard InChI is InChI=1S/C21H33NO3/c1-14(2)17-8-6-15(3)12-18(17)21(23)22-11-10-16-7-9-19(24-4)20(13-16)25-5/h7,9,13-15,17-18H,6,8,10-12H2,1-5H3,(H,22,23)/t15-,17+,18+/m1/s1. The van der Waals surface area contributed by atoms with E-state index in [-0.39, 0.29) is 11.8 Å². The number of benzene rings is 1. The third kappa shape index (κ3) is 5.13. The van der Waals surface area contributed by atoms with E-state index in [0.29, 0.717) is 24.3 Å². The second-order valence-electron chi connectivity index (χ2n) is 7.66. The molecule has 1 aliphatic rings. The van der Waals surface area contributed by atoms with Gasteiger partial charge >= 0.3 is 0 Å². The first-order valence-corrected chi connectivity index (χ1v) is 9.44. The Morgan fingerprint density at radius 3 is 2.56 bits per heavy atom. The lowest BCUT2D eigenvalue weighted by atomic mass is 9.70. The van der Waals surface area contributed by atoms with Gasteiger partial charge in [-0.2, -0.15) is 0 Å². The maximum absolute atomic E-state index is 12.7. The van der Waals surface area contributed by atoms with Crippen LogP contribution in [0.2, 0.25) is 0 Å². The number of hydrogen-bond donors (Lipinski definition) is 1. The van der Waals surface area contributed by atoms with Crippen LogP contribution >= 0.6 is 0 Å². The second kappa shape index (κ2) is 9.12. The molecule has 0 aliphatic heterocycles. The van der Waals surface area contributed by atoms with E-state index < -0.39 is 0 Å². The van der Waals surface area contributed by atoms with E-state index in [1.165, 1.54) is 12.8 Å². The zero-order valence-corrected chi connectivity index (χ0v) is 16.3. The van der Waals surface area contributed by atoms with Crippen molar-refractivity contribution in [2.45, 2.75) is 46.5 Å². The highest BCUT2D eigenvalue weighted by Crippen LogP contribution is 2.38. The number of carbonyl (C=O) groups is 1. The molecule has 140 valence electrons. The summed E-state index contributed by atoms with van der Waals surface area (Å²) in [4.78, 5) is 12.7. The zero-order chi connectivity index (χ0) is 18.4. The molecule has 0 radical (unpaired) electrons. The first-order valence-electron chi connectivity index (χ1n) is 9.44. The van der Waals surface area contributed by atoms with Crippen LogP contribution in [-0.4, -0.2) is 26.7 Å². The first-order chi connectivity index (χ1) is 12.0. The fraction of sp³-hybridized carbons (Fsp3) is 0.667. The highest BCUT2D eigenvalue weighted by Gasteiger charge is 2.35. The van der Waals surface area contributed by atoms with Gasteiger partial charge in [0.05, 0.1) is 14.2 Å². The van der Waals surface area contributed by atoms with Gasteiger partial charge in [0.1, 0.15) is 0 Å². The number of hydrogen-bond acceptors (Lipinski definition) is 3. The Kier molecular flexibility index (Phi) is 7.15. The lowest BCUT2D eigenvalue weighted by molar-refractivity contribution is -0.129. The first kappa shape index (κ1) is 19.6. The zero-order valence-electron chi connectivity index (χ0n) is 16.3. The summed E-state index contributed by atoms with van der Waals surface area (Å²) in [7, 11) is 3.27. The maximum Gasteiger partial charge on any atom is 0.223 e. The van der Waals surface area contributed by atoms with Crippen molar-refractivity contribution in [1.82, 2.24) is 5.32 Å². The minimum absolute atomic E-state index is 0.161. The quantitative estimate of drug-likeness (QED) is 0.809. The van der Waals surface area contributed by atoms with Crippen molar-refractivity contribution in [1.29, 1.82) is 0 Å². The molecule has 4 nitrogen and oxygen atoms in total. The summed E-state index contributed by atoms with van der Waals surface area (Å²) in [5.74, 6) is 3.57. The number of rotatable bonds is 7. The van der Waals surface area contributed by atoms with Crippen LogP contribution in [0.1, 0.15) is 45.6 Å². The van der Waals surface area contributed by atoms with Crippen LogP contribution in [0, 0.1) is 23.7 Å². The van der Waals surface area contributed by atoms with Gasteiger partial charge in [-0.25, -0.2) is 0 Å². The molecular weight excluding hydrogens is 314 g/mol. The molecule has 1 aromatic rings. The SMILES string of the molecule is COc1ccc(CCNC(=O)[C@H]2C[C@H](C)CC[C@H]2C(C)C)cc1OC. The van der Waals surface area contributed by atoms with Gasteiger partial charge in [-0.15, -0.1) is 0 Å². The Morgan fingerprint density at radius 1 is 1.20 bits per heavy atom. The molecule has 1 fully saturated rings. The number of ether oxygens (including phenoxy) is 2. The van der Waals surface area contributed by atoms with Gasteiger partial charge in [-0.3, -0.25) is 4.79 Å². The minimum atomic E-state index is 0.161. The normalized spacial score (nSPS) is 23.4. The number of amides is 1. The molecule has 1 aliphatic carbocycles. The van der Waals surface area contributed by atoms with Crippen molar-refractivity contribution >= 4 is 5.91 Å². The van der Waals surface area contributed by atoms with E-state index in [2.05, 4.69) is 26.1 Å². The molecule has 0 bridgehead atoms. The van der Waals surface area contributed by atoms with Crippen molar-refractivity contribution in [3.8, 4) is 11.5 Å². The number of carbonyl (C=O) groups excluding carboxylic acids is 1. The van der Waals surface area contributed by atoms with Crippen LogP contribution in [0.25, 0.3) is 0 Å². The van der Waals surface area contributed by atoms with Gasteiger partial charge in [0.15, 0.2) is 11.5 Å². The second-order valence-corrected chi connectivity index (χ2v) is 7.66. The number of nitrogens with one attached hydrogen (secondary N) is 1. The van der Waals surface area contributed by atoms with Crippen LogP contribution in [0.4, 0.5) is 0 Å². The highest BCUT2D eigenvalue weighted by molar-refractivity contribution is 5.79. The van der Waals surface area contributed by atoms with Crippen molar-refractivity contribution in [3.63, 3.8) is 0 Å². The lowest BCUT2D eigenvalue weighted by Gasteiger charge is -2.36. The Morgan fingerprint density at radius 2 is 1.92 bits per heavy atom. The predicted octanol–water partition coefficient (Wildman–Crippen LogP) is 4.07. The third-order valence-corrected chi connectivity index (χ3v) is 5.52. The van der Waals surface area contributed by atoms with E-state index in [4.69, 9.17) is 9.47 Å². The molecule has 3 atom stereocenters. The van der Waals surface area contributed by atoms with Crippen LogP contribution in [0.3, 0.4) is 0 Å². The maximum atomic E-state index is 12.7. The fourth-order valence-corrected chi connectivity index (χ4v) is 4.00. The molecule has 1 aromatic carbocycles. The monoisotopic (exact) mass is 347 g/mol.